The lowest BCUT2D eigenvalue weighted by Gasteiger charge is -2.15. The highest BCUT2D eigenvalue weighted by atomic mass is 127. The van der Waals surface area contributed by atoms with E-state index in [1.165, 1.54) is 0 Å². The molecule has 0 aliphatic carbocycles. The highest BCUT2D eigenvalue weighted by Crippen LogP contribution is 2.35. The van der Waals surface area contributed by atoms with Crippen molar-refractivity contribution < 1.29 is 14.3 Å². The molecule has 11 heteroatoms. The first-order valence-corrected chi connectivity index (χ1v) is 14.1. The topological polar surface area (TPSA) is 58.6 Å². The Morgan fingerprint density at radius 1 is 1.06 bits per heavy atom. The Hall–Kier alpha value is -1.38. The van der Waals surface area contributed by atoms with E-state index >= 15 is 0 Å². The molecule has 0 aromatic heterocycles. The quantitative estimate of drug-likeness (QED) is 0.162. The number of halogens is 4. The number of nitrogens with one attached hydrogen (secondary N) is 1. The summed E-state index contributed by atoms with van der Waals surface area (Å²) in [4.78, 5) is 25.8. The highest BCUT2D eigenvalue weighted by Gasteiger charge is 2.33. The fraction of sp³-hybridized carbons (Fsp3) is 0.0417. The average molecular weight is 767 g/mol. The minimum Gasteiger partial charge on any atom is -0.487 e. The first kappa shape index (κ1) is 26.7. The maximum absolute atomic E-state index is 12.9. The minimum absolute atomic E-state index is 0.261. The predicted octanol–water partition coefficient (Wildman–Crippen LogP) is 7.33. The van der Waals surface area contributed by atoms with Gasteiger partial charge in [-0.15, -0.1) is 0 Å². The highest BCUT2D eigenvalue weighted by molar-refractivity contribution is 14.1. The average Bonchev–Trinajstić information content (AvgIpc) is 3.08. The summed E-state index contributed by atoms with van der Waals surface area (Å²) >= 11 is 22.9. The van der Waals surface area contributed by atoms with Crippen molar-refractivity contribution >= 4 is 115 Å². The van der Waals surface area contributed by atoms with E-state index in [2.05, 4.69) is 50.6 Å². The van der Waals surface area contributed by atoms with Crippen LogP contribution in [0.15, 0.2) is 65.6 Å². The second-order valence-electron chi connectivity index (χ2n) is 7.17. The van der Waals surface area contributed by atoms with Gasteiger partial charge in [-0.2, -0.15) is 5.01 Å². The third kappa shape index (κ3) is 6.50. The summed E-state index contributed by atoms with van der Waals surface area (Å²) in [5.41, 5.74) is 4.73. The van der Waals surface area contributed by atoms with Crippen LogP contribution in [0.5, 0.6) is 5.75 Å². The van der Waals surface area contributed by atoms with E-state index in [1.54, 1.807) is 42.5 Å². The molecular formula is C24H14Cl2I2N2O3S2. The zero-order chi connectivity index (χ0) is 25.1. The van der Waals surface area contributed by atoms with Crippen molar-refractivity contribution in [3.63, 3.8) is 0 Å². The number of carbonyl (C=O) groups excluding carboxylic acids is 2. The van der Waals surface area contributed by atoms with Crippen LogP contribution < -0.4 is 10.2 Å². The fourth-order valence-corrected chi connectivity index (χ4v) is 6.68. The summed E-state index contributed by atoms with van der Waals surface area (Å²) in [5, 5.41) is 2.07. The third-order valence-corrected chi connectivity index (χ3v) is 8.37. The molecule has 1 aliphatic heterocycles. The summed E-state index contributed by atoms with van der Waals surface area (Å²) < 4.78 is 8.06. The van der Waals surface area contributed by atoms with Crippen LogP contribution in [0.25, 0.3) is 6.08 Å². The van der Waals surface area contributed by atoms with Crippen molar-refractivity contribution in [3.8, 4) is 5.75 Å². The Kier molecular flexibility index (Phi) is 8.98. The van der Waals surface area contributed by atoms with Crippen molar-refractivity contribution in [2.45, 2.75) is 6.61 Å². The van der Waals surface area contributed by atoms with E-state index in [9.17, 15) is 9.59 Å². The number of rotatable bonds is 6. The van der Waals surface area contributed by atoms with E-state index in [4.69, 9.17) is 40.2 Å². The first-order chi connectivity index (χ1) is 16.7. The number of amides is 2. The number of hydrazine groups is 1. The molecule has 0 unspecified atom stereocenters. The minimum atomic E-state index is -0.407. The van der Waals surface area contributed by atoms with Crippen LogP contribution in [0.1, 0.15) is 21.5 Å². The fourth-order valence-electron chi connectivity index (χ4n) is 3.06. The maximum Gasteiger partial charge on any atom is 0.285 e. The molecule has 3 aromatic rings. The third-order valence-electron chi connectivity index (χ3n) is 4.73. The van der Waals surface area contributed by atoms with E-state index < -0.39 is 5.91 Å². The van der Waals surface area contributed by atoms with Crippen LogP contribution in [0.4, 0.5) is 0 Å². The summed E-state index contributed by atoms with van der Waals surface area (Å²) in [7, 11) is 0. The molecule has 0 spiro atoms. The normalized spacial score (nSPS) is 14.5. The van der Waals surface area contributed by atoms with E-state index in [0.717, 1.165) is 40.8 Å². The van der Waals surface area contributed by atoms with Gasteiger partial charge in [0.25, 0.3) is 11.8 Å². The number of benzene rings is 3. The van der Waals surface area contributed by atoms with Crippen LogP contribution in [0.3, 0.4) is 0 Å². The van der Waals surface area contributed by atoms with Crippen molar-refractivity contribution in [3.05, 3.63) is 99.4 Å². The molecule has 0 bridgehead atoms. The van der Waals surface area contributed by atoms with Crippen molar-refractivity contribution in [2.24, 2.45) is 0 Å². The molecule has 4 rings (SSSR count). The van der Waals surface area contributed by atoms with Crippen molar-refractivity contribution in [1.29, 1.82) is 0 Å². The molecule has 1 saturated heterocycles. The Labute approximate surface area is 248 Å². The molecule has 178 valence electrons. The van der Waals surface area contributed by atoms with Gasteiger partial charge in [0.15, 0.2) is 4.32 Å². The van der Waals surface area contributed by atoms with Gasteiger partial charge in [-0.1, -0.05) is 59.2 Å². The van der Waals surface area contributed by atoms with Gasteiger partial charge in [0.1, 0.15) is 12.4 Å². The first-order valence-electron chi connectivity index (χ1n) is 9.92. The number of nitrogens with zero attached hydrogens (tertiary/aromatic N) is 1. The Morgan fingerprint density at radius 2 is 1.74 bits per heavy atom. The van der Waals surface area contributed by atoms with Crippen molar-refractivity contribution in [2.75, 3.05) is 0 Å². The molecule has 3 aromatic carbocycles. The largest absolute Gasteiger partial charge is 0.487 e. The van der Waals surface area contributed by atoms with Gasteiger partial charge in [0.2, 0.25) is 0 Å². The molecule has 1 heterocycles. The van der Waals surface area contributed by atoms with E-state index in [0.29, 0.717) is 27.1 Å². The van der Waals surface area contributed by atoms with Crippen LogP contribution in [0, 0.1) is 7.14 Å². The van der Waals surface area contributed by atoms with E-state index in [1.807, 2.05) is 24.3 Å². The summed E-state index contributed by atoms with van der Waals surface area (Å²) in [5.74, 6) is -0.0536. The van der Waals surface area contributed by atoms with E-state index in [-0.39, 0.29) is 10.2 Å². The number of ether oxygens (including phenoxy) is 1. The standard InChI is InChI=1S/C24H14Cl2I2N2O3S2/c25-16-7-6-13(8-17(16)26)12-33-21-18(27)9-14(10-19(21)28)11-20-23(32)30(24(34)35-20)29-22(31)15-4-2-1-3-5-15/h1-11H,12H2,(H,29,31)/b20-11-. The number of thiocarbonyl (C=S) groups is 1. The van der Waals surface area contributed by atoms with Gasteiger partial charge in [-0.25, -0.2) is 0 Å². The number of hydrogen-bond donors (Lipinski definition) is 1. The molecule has 1 fully saturated rings. The van der Waals surface area contributed by atoms with Gasteiger partial charge in [-0.3, -0.25) is 15.0 Å². The van der Waals surface area contributed by atoms with Crippen LogP contribution in [-0.2, 0) is 11.4 Å². The lowest BCUT2D eigenvalue weighted by Crippen LogP contribution is -2.44. The lowest BCUT2D eigenvalue weighted by molar-refractivity contribution is -0.123. The second kappa shape index (κ2) is 11.8. The number of hydrogen-bond acceptors (Lipinski definition) is 5. The molecule has 0 radical (unpaired) electrons. The second-order valence-corrected chi connectivity index (χ2v) is 12.0. The molecule has 1 N–H and O–H groups in total. The van der Waals surface area contributed by atoms with Gasteiger partial charge in [-0.05, 0) is 111 Å². The Balaban J connectivity index is 1.48. The SMILES string of the molecule is O=C(NN1C(=O)/C(=C/c2cc(I)c(OCc3ccc(Cl)c(Cl)c3)c(I)c2)SC1=S)c1ccccc1. The van der Waals surface area contributed by atoms with Gasteiger partial charge in [0.05, 0.1) is 22.1 Å². The molecular weight excluding hydrogens is 753 g/mol. The Morgan fingerprint density at radius 3 is 2.40 bits per heavy atom. The molecule has 2 amide bonds. The molecule has 1 aliphatic rings. The van der Waals surface area contributed by atoms with Crippen LogP contribution in [-0.4, -0.2) is 21.1 Å². The summed E-state index contributed by atoms with van der Waals surface area (Å²) in [6, 6.07) is 17.9. The van der Waals surface area contributed by atoms with Crippen molar-refractivity contribution in [1.82, 2.24) is 10.4 Å². The number of carbonyl (C=O) groups is 2. The summed E-state index contributed by atoms with van der Waals surface area (Å²) in [6.07, 6.45) is 1.75. The lowest BCUT2D eigenvalue weighted by atomic mass is 10.2. The molecule has 35 heavy (non-hydrogen) atoms. The molecule has 0 atom stereocenters. The Bertz CT molecular complexity index is 1350. The number of thioether (sulfide) groups is 1. The maximum atomic E-state index is 12.9. The van der Waals surface area contributed by atoms with Gasteiger partial charge in [0, 0.05) is 5.56 Å². The van der Waals surface area contributed by atoms with Crippen LogP contribution >= 0.6 is 92.4 Å². The zero-order valence-corrected chi connectivity index (χ0v) is 25.0. The molecule has 5 nitrogen and oxygen atoms in total. The van der Waals surface area contributed by atoms with Gasteiger partial charge < -0.3 is 4.74 Å². The predicted molar refractivity (Wildman–Crippen MR) is 162 cm³/mol. The molecule has 0 saturated carbocycles. The van der Waals surface area contributed by atoms with Crippen LogP contribution in [0.2, 0.25) is 10.0 Å². The smallest absolute Gasteiger partial charge is 0.285 e. The monoisotopic (exact) mass is 766 g/mol. The zero-order valence-electron chi connectivity index (χ0n) is 17.6. The van der Waals surface area contributed by atoms with Gasteiger partial charge >= 0.3 is 0 Å². The summed E-state index contributed by atoms with van der Waals surface area (Å²) in [6.45, 7) is 0.335.